The Morgan fingerprint density at radius 1 is 1.25 bits per heavy atom. The average Bonchev–Trinajstić information content (AvgIpc) is 3.10. The number of fused-ring (bicyclic) bond motifs is 5. The average molecular weight is 458 g/mol. The van der Waals surface area contributed by atoms with Gasteiger partial charge in [0.25, 0.3) is 5.56 Å². The Kier molecular flexibility index (Phi) is 5.27. The van der Waals surface area contributed by atoms with Crippen LogP contribution in [-0.2, 0) is 34.8 Å². The third kappa shape index (κ3) is 3.02. The molecule has 0 saturated carbocycles. The molecule has 0 aliphatic carbocycles. The summed E-state index contributed by atoms with van der Waals surface area (Å²) in [6.45, 7) is 2.41. The van der Waals surface area contributed by atoms with Crippen molar-refractivity contribution >= 4 is 29.3 Å². The predicted octanol–water partition coefficient (Wildman–Crippen LogP) is 2.27. The summed E-state index contributed by atoms with van der Waals surface area (Å²) in [4.78, 5) is 32.3. The Balaban J connectivity index is 0.00000245. The van der Waals surface area contributed by atoms with Crippen LogP contribution in [0.1, 0.15) is 35.6 Å². The van der Waals surface area contributed by atoms with Gasteiger partial charge in [-0.25, -0.2) is 9.78 Å². The Morgan fingerprint density at radius 2 is 2.00 bits per heavy atom. The zero-order chi connectivity index (χ0) is 22.1. The molecule has 9 heteroatoms. The maximum Gasteiger partial charge on any atom is 0.343 e. The first kappa shape index (κ1) is 22.3. The normalized spacial score (nSPS) is 18.7. The van der Waals surface area contributed by atoms with Crippen LogP contribution in [0.5, 0.6) is 5.75 Å². The Bertz CT molecular complexity index is 1330. The lowest BCUT2D eigenvalue weighted by molar-refractivity contribution is -0.172. The van der Waals surface area contributed by atoms with E-state index in [0.29, 0.717) is 41.1 Å². The summed E-state index contributed by atoms with van der Waals surface area (Å²) in [5.74, 6) is -0.532. The fourth-order valence-corrected chi connectivity index (χ4v) is 4.58. The number of pyridine rings is 2. The minimum Gasteiger partial charge on any atom is -0.508 e. The fraction of sp³-hybridized carbons (Fsp3) is 0.348. The van der Waals surface area contributed by atoms with Gasteiger partial charge in [0.2, 0.25) is 0 Å². The summed E-state index contributed by atoms with van der Waals surface area (Å²) < 4.78 is 6.71. The largest absolute Gasteiger partial charge is 0.508 e. The molecule has 4 heterocycles. The fourth-order valence-electron chi connectivity index (χ4n) is 4.58. The van der Waals surface area contributed by atoms with Gasteiger partial charge in [0.1, 0.15) is 12.4 Å². The number of nitrogens with zero attached hydrogens (tertiary/aromatic N) is 3. The monoisotopic (exact) mass is 457 g/mol. The highest BCUT2D eigenvalue weighted by Crippen LogP contribution is 2.39. The molecule has 32 heavy (non-hydrogen) atoms. The zero-order valence-corrected chi connectivity index (χ0v) is 18.8. The van der Waals surface area contributed by atoms with Crippen LogP contribution in [0.4, 0.5) is 0 Å². The summed E-state index contributed by atoms with van der Waals surface area (Å²) in [7, 11) is 3.86. The molecular weight excluding hydrogens is 434 g/mol. The lowest BCUT2D eigenvalue weighted by atomic mass is 9.86. The molecule has 5 rings (SSSR count). The first-order chi connectivity index (χ1) is 14.7. The molecule has 2 aliphatic rings. The third-order valence-corrected chi connectivity index (χ3v) is 6.25. The number of carbonyl (C=O) groups is 1. The Labute approximate surface area is 190 Å². The van der Waals surface area contributed by atoms with Gasteiger partial charge in [-0.1, -0.05) is 6.92 Å². The molecule has 0 bridgehead atoms. The number of phenols is 1. The number of rotatable bonds is 3. The van der Waals surface area contributed by atoms with Crippen molar-refractivity contribution in [2.45, 2.75) is 38.6 Å². The molecule has 0 spiro atoms. The third-order valence-electron chi connectivity index (χ3n) is 6.25. The van der Waals surface area contributed by atoms with Crippen molar-refractivity contribution in [2.24, 2.45) is 0 Å². The van der Waals surface area contributed by atoms with Crippen molar-refractivity contribution in [3.63, 3.8) is 0 Å². The highest BCUT2D eigenvalue weighted by atomic mass is 35.5. The molecule has 2 N–H and O–H groups in total. The van der Waals surface area contributed by atoms with Crippen molar-refractivity contribution in [1.29, 1.82) is 0 Å². The minimum atomic E-state index is -1.84. The van der Waals surface area contributed by atoms with Gasteiger partial charge in [-0.2, -0.15) is 0 Å². The molecule has 3 aromatic rings. The second kappa shape index (κ2) is 7.58. The summed E-state index contributed by atoms with van der Waals surface area (Å²) >= 11 is 0. The number of phenolic OH excluding ortho intramolecular Hbond substituents is 1. The van der Waals surface area contributed by atoms with Gasteiger partial charge in [-0.05, 0) is 44.8 Å². The maximum atomic E-state index is 13.2. The lowest BCUT2D eigenvalue weighted by Crippen LogP contribution is -2.44. The van der Waals surface area contributed by atoms with E-state index >= 15 is 0 Å². The van der Waals surface area contributed by atoms with Crippen molar-refractivity contribution < 1.29 is 19.7 Å². The van der Waals surface area contributed by atoms with E-state index in [1.54, 1.807) is 29.7 Å². The number of benzene rings is 1. The topological polar surface area (TPSA) is 105 Å². The van der Waals surface area contributed by atoms with E-state index in [0.717, 1.165) is 16.5 Å². The molecule has 0 fully saturated rings. The molecule has 0 saturated heterocycles. The van der Waals surface area contributed by atoms with Crippen LogP contribution < -0.4 is 5.56 Å². The van der Waals surface area contributed by atoms with Gasteiger partial charge in [-0.3, -0.25) is 4.79 Å². The Morgan fingerprint density at radius 3 is 2.69 bits per heavy atom. The molecule has 2 aliphatic heterocycles. The summed E-state index contributed by atoms with van der Waals surface area (Å²) in [5, 5.41) is 22.2. The number of aromatic hydroxyl groups is 1. The van der Waals surface area contributed by atoms with E-state index in [1.165, 1.54) is 0 Å². The second-order valence-corrected chi connectivity index (χ2v) is 8.47. The first-order valence-corrected chi connectivity index (χ1v) is 10.2. The number of cyclic esters (lactones) is 1. The number of halogens is 1. The lowest BCUT2D eigenvalue weighted by Gasteiger charge is -2.31. The number of aliphatic hydroxyl groups is 1. The second-order valence-electron chi connectivity index (χ2n) is 8.47. The highest BCUT2D eigenvalue weighted by Gasteiger charge is 2.45. The van der Waals surface area contributed by atoms with Crippen LogP contribution in [0.2, 0.25) is 0 Å². The molecule has 0 unspecified atom stereocenters. The van der Waals surface area contributed by atoms with Gasteiger partial charge in [0.05, 0.1) is 29.0 Å². The molecule has 0 radical (unpaired) electrons. The summed E-state index contributed by atoms with van der Waals surface area (Å²) in [5.41, 5.74) is 2.03. The number of hydrogen-bond acceptors (Lipinski definition) is 7. The standard InChI is InChI=1S/C23H23N3O5.ClH/c1-4-23(30)16-8-18-20-12(9-26(18)21(28)15(16)11-31-22(23)29)7-13-14(10-25(2)3)19(27)6-5-17(13)24-20;/h5-8,27,30H,4,9-11H2,1-3H3;1H/t23-;/m1./s1. The molecule has 1 aromatic carbocycles. The smallest absolute Gasteiger partial charge is 0.343 e. The van der Waals surface area contributed by atoms with E-state index in [4.69, 9.17) is 9.72 Å². The van der Waals surface area contributed by atoms with Gasteiger partial charge in [0, 0.05) is 28.6 Å². The van der Waals surface area contributed by atoms with E-state index in [-0.39, 0.29) is 36.7 Å². The van der Waals surface area contributed by atoms with Crippen molar-refractivity contribution in [3.05, 3.63) is 56.9 Å². The van der Waals surface area contributed by atoms with Crippen LogP contribution in [0.15, 0.2) is 29.1 Å². The van der Waals surface area contributed by atoms with E-state index in [2.05, 4.69) is 0 Å². The highest BCUT2D eigenvalue weighted by molar-refractivity contribution is 5.89. The molecule has 8 nitrogen and oxygen atoms in total. The molecule has 1 atom stereocenters. The first-order valence-electron chi connectivity index (χ1n) is 10.2. The molecular formula is C23H24ClN3O5. The number of carbonyl (C=O) groups excluding carboxylic acids is 1. The SMILES string of the molecule is CC[C@]1(O)C(=O)OCc2c1cc1n(c2=O)Cc2cc3c(CN(C)C)c(O)ccc3nc2-1.Cl. The van der Waals surface area contributed by atoms with Crippen molar-refractivity contribution in [1.82, 2.24) is 14.5 Å². The van der Waals surface area contributed by atoms with E-state index < -0.39 is 11.6 Å². The minimum absolute atomic E-state index is 0. The quantitative estimate of drug-likeness (QED) is 0.455. The van der Waals surface area contributed by atoms with Crippen LogP contribution in [0, 0.1) is 0 Å². The number of aromatic nitrogens is 2. The van der Waals surface area contributed by atoms with Crippen molar-refractivity contribution in [3.8, 4) is 17.1 Å². The zero-order valence-electron chi connectivity index (χ0n) is 18.0. The van der Waals surface area contributed by atoms with E-state index in [9.17, 15) is 19.8 Å². The maximum absolute atomic E-state index is 13.2. The molecule has 168 valence electrons. The van der Waals surface area contributed by atoms with Crippen LogP contribution in [0.25, 0.3) is 22.3 Å². The van der Waals surface area contributed by atoms with E-state index in [1.807, 2.05) is 25.1 Å². The van der Waals surface area contributed by atoms with Crippen LogP contribution in [-0.4, -0.2) is 44.7 Å². The summed E-state index contributed by atoms with van der Waals surface area (Å²) in [6, 6.07) is 7.05. The number of hydrogen-bond donors (Lipinski definition) is 2. The number of ether oxygens (including phenoxy) is 1. The van der Waals surface area contributed by atoms with Crippen LogP contribution >= 0.6 is 12.4 Å². The predicted molar refractivity (Wildman–Crippen MR) is 121 cm³/mol. The van der Waals surface area contributed by atoms with Crippen LogP contribution in [0.3, 0.4) is 0 Å². The van der Waals surface area contributed by atoms with Gasteiger partial charge < -0.3 is 24.4 Å². The van der Waals surface area contributed by atoms with Gasteiger partial charge >= 0.3 is 5.97 Å². The number of esters is 1. The summed E-state index contributed by atoms with van der Waals surface area (Å²) in [6.07, 6.45) is 0.104. The molecule has 2 aromatic heterocycles. The molecule has 0 amide bonds. The van der Waals surface area contributed by atoms with Gasteiger partial charge in [-0.15, -0.1) is 12.4 Å². The Hall–Kier alpha value is -2.94. The van der Waals surface area contributed by atoms with Crippen molar-refractivity contribution in [2.75, 3.05) is 14.1 Å². The van der Waals surface area contributed by atoms with Gasteiger partial charge in [0.15, 0.2) is 5.60 Å².